The van der Waals surface area contributed by atoms with Gasteiger partial charge >= 0.3 is 0 Å². The number of carbonyl (C=O) groups excluding carboxylic acids is 1. The molecular formula is C20H20BrNO5. The molecule has 0 bridgehead atoms. The molecule has 0 saturated carbocycles. The molecule has 6 nitrogen and oxygen atoms in total. The molecule has 0 fully saturated rings. The van der Waals surface area contributed by atoms with Crippen LogP contribution in [0.25, 0.3) is 0 Å². The van der Waals surface area contributed by atoms with Gasteiger partial charge in [0, 0.05) is 4.47 Å². The summed E-state index contributed by atoms with van der Waals surface area (Å²) in [7, 11) is 0. The number of fused-ring (bicyclic) bond motifs is 2. The number of rotatable bonds is 4. The summed E-state index contributed by atoms with van der Waals surface area (Å²) in [5, 5.41) is 3.09. The minimum atomic E-state index is -0.180. The largest absolute Gasteiger partial charge is 0.486 e. The number of amides is 1. The summed E-state index contributed by atoms with van der Waals surface area (Å²) >= 11 is 3.46. The number of carbonyl (C=O) groups is 1. The molecule has 1 atom stereocenters. The number of halogens is 1. The lowest BCUT2D eigenvalue weighted by molar-refractivity contribution is 0.0933. The van der Waals surface area contributed by atoms with Crippen LogP contribution in [0.2, 0.25) is 0 Å². The van der Waals surface area contributed by atoms with Crippen molar-refractivity contribution in [1.82, 2.24) is 5.32 Å². The molecular weight excluding hydrogens is 414 g/mol. The van der Waals surface area contributed by atoms with Crippen molar-refractivity contribution in [2.45, 2.75) is 19.4 Å². The number of ether oxygens (including phenoxy) is 4. The zero-order chi connectivity index (χ0) is 18.8. The van der Waals surface area contributed by atoms with E-state index in [1.54, 1.807) is 12.1 Å². The van der Waals surface area contributed by atoms with Gasteiger partial charge in [0.1, 0.15) is 26.4 Å². The van der Waals surface area contributed by atoms with Crippen LogP contribution in [0.15, 0.2) is 34.8 Å². The van der Waals surface area contributed by atoms with Crippen molar-refractivity contribution >= 4 is 21.8 Å². The van der Waals surface area contributed by atoms with E-state index in [1.165, 1.54) is 0 Å². The first kappa shape index (κ1) is 18.0. The first-order valence-corrected chi connectivity index (χ1v) is 9.74. The van der Waals surface area contributed by atoms with Gasteiger partial charge in [-0.1, -0.05) is 13.0 Å². The lowest BCUT2D eigenvalue weighted by Crippen LogP contribution is -2.29. The molecule has 27 heavy (non-hydrogen) atoms. The monoisotopic (exact) mass is 433 g/mol. The molecule has 1 unspecified atom stereocenters. The molecule has 142 valence electrons. The van der Waals surface area contributed by atoms with Gasteiger partial charge in [-0.2, -0.15) is 0 Å². The maximum absolute atomic E-state index is 12.9. The Morgan fingerprint density at radius 1 is 0.963 bits per heavy atom. The van der Waals surface area contributed by atoms with E-state index >= 15 is 0 Å². The fraction of sp³-hybridized carbons (Fsp3) is 0.350. The van der Waals surface area contributed by atoms with Gasteiger partial charge in [-0.3, -0.25) is 4.79 Å². The Morgan fingerprint density at radius 2 is 1.56 bits per heavy atom. The topological polar surface area (TPSA) is 66.0 Å². The molecule has 2 heterocycles. The highest BCUT2D eigenvalue weighted by molar-refractivity contribution is 9.10. The lowest BCUT2D eigenvalue weighted by atomic mass is 10.0. The number of hydrogen-bond donors (Lipinski definition) is 1. The molecule has 0 aromatic heterocycles. The maximum atomic E-state index is 12.9. The highest BCUT2D eigenvalue weighted by atomic mass is 79.9. The molecule has 7 heteroatoms. The molecule has 2 aliphatic rings. The Hall–Kier alpha value is -2.41. The van der Waals surface area contributed by atoms with E-state index in [-0.39, 0.29) is 11.9 Å². The van der Waals surface area contributed by atoms with Crippen molar-refractivity contribution in [1.29, 1.82) is 0 Å². The molecule has 0 saturated heterocycles. The second-order valence-corrected chi connectivity index (χ2v) is 7.17. The van der Waals surface area contributed by atoms with Crippen LogP contribution in [0, 0.1) is 0 Å². The lowest BCUT2D eigenvalue weighted by Gasteiger charge is -2.23. The summed E-state index contributed by atoms with van der Waals surface area (Å²) in [5.41, 5.74) is 1.49. The predicted octanol–water partition coefficient (Wildman–Crippen LogP) is 3.87. The summed E-state index contributed by atoms with van der Waals surface area (Å²) in [6.45, 7) is 4.10. The van der Waals surface area contributed by atoms with Crippen LogP contribution < -0.4 is 24.3 Å². The van der Waals surface area contributed by atoms with Crippen LogP contribution >= 0.6 is 15.9 Å². The normalized spacial score (nSPS) is 15.8. The Kier molecular flexibility index (Phi) is 5.11. The number of hydrogen-bond acceptors (Lipinski definition) is 5. The summed E-state index contributed by atoms with van der Waals surface area (Å²) in [5.74, 6) is 2.50. The fourth-order valence-corrected chi connectivity index (χ4v) is 3.67. The van der Waals surface area contributed by atoms with Crippen molar-refractivity contribution in [2.75, 3.05) is 26.4 Å². The van der Waals surface area contributed by atoms with Crippen LogP contribution in [0.4, 0.5) is 0 Å². The van der Waals surface area contributed by atoms with Crippen molar-refractivity contribution in [2.24, 2.45) is 0 Å². The molecule has 2 aromatic carbocycles. The van der Waals surface area contributed by atoms with Gasteiger partial charge in [0.15, 0.2) is 23.0 Å². The molecule has 2 aliphatic heterocycles. The van der Waals surface area contributed by atoms with Crippen LogP contribution in [-0.2, 0) is 0 Å². The van der Waals surface area contributed by atoms with Gasteiger partial charge in [-0.25, -0.2) is 0 Å². The van der Waals surface area contributed by atoms with Gasteiger partial charge in [0.2, 0.25) is 0 Å². The third-order valence-electron chi connectivity index (χ3n) is 4.56. The Labute approximate surface area is 165 Å². The van der Waals surface area contributed by atoms with Crippen LogP contribution in [0.3, 0.4) is 0 Å². The molecule has 0 radical (unpaired) electrons. The van der Waals surface area contributed by atoms with E-state index in [0.717, 1.165) is 17.7 Å². The minimum Gasteiger partial charge on any atom is -0.486 e. The first-order chi connectivity index (χ1) is 13.2. The maximum Gasteiger partial charge on any atom is 0.253 e. The Morgan fingerprint density at radius 3 is 2.22 bits per heavy atom. The van der Waals surface area contributed by atoms with Crippen molar-refractivity contribution in [3.63, 3.8) is 0 Å². The molecule has 0 spiro atoms. The second-order valence-electron chi connectivity index (χ2n) is 6.31. The minimum absolute atomic E-state index is 0.145. The highest BCUT2D eigenvalue weighted by Crippen LogP contribution is 2.36. The smallest absolute Gasteiger partial charge is 0.253 e. The van der Waals surface area contributed by atoms with E-state index in [0.29, 0.717) is 53.7 Å². The average Bonchev–Trinajstić information content (AvgIpc) is 2.71. The van der Waals surface area contributed by atoms with Crippen LogP contribution in [0.5, 0.6) is 23.0 Å². The summed E-state index contributed by atoms with van der Waals surface area (Å²) < 4.78 is 23.0. The zero-order valence-electron chi connectivity index (χ0n) is 14.9. The standard InChI is InChI=1S/C20H20BrNO5/c1-2-15(12-3-4-16-17(9-12)25-6-5-24-16)22-20(23)13-10-18-19(11-14(13)21)27-8-7-26-18/h3-4,9-11,15H,2,5-8H2,1H3,(H,22,23). The van der Waals surface area contributed by atoms with Crippen molar-refractivity contribution < 1.29 is 23.7 Å². The first-order valence-electron chi connectivity index (χ1n) is 8.95. The van der Waals surface area contributed by atoms with Gasteiger partial charge in [0.05, 0.1) is 11.6 Å². The van der Waals surface area contributed by atoms with E-state index in [9.17, 15) is 4.79 Å². The third kappa shape index (κ3) is 3.69. The zero-order valence-corrected chi connectivity index (χ0v) is 16.5. The Balaban J connectivity index is 1.56. The second kappa shape index (κ2) is 7.68. The third-order valence-corrected chi connectivity index (χ3v) is 5.21. The number of nitrogens with one attached hydrogen (secondary N) is 1. The van der Waals surface area contributed by atoms with Crippen LogP contribution in [0.1, 0.15) is 35.3 Å². The summed E-state index contributed by atoms with van der Waals surface area (Å²) in [4.78, 5) is 12.9. The number of benzene rings is 2. The van der Waals surface area contributed by atoms with Gasteiger partial charge < -0.3 is 24.3 Å². The van der Waals surface area contributed by atoms with Crippen molar-refractivity contribution in [3.8, 4) is 23.0 Å². The van der Waals surface area contributed by atoms with E-state index in [1.807, 2.05) is 25.1 Å². The molecule has 1 amide bonds. The van der Waals surface area contributed by atoms with E-state index < -0.39 is 0 Å². The molecule has 1 N–H and O–H groups in total. The summed E-state index contributed by atoms with van der Waals surface area (Å²) in [6, 6.07) is 9.12. The van der Waals surface area contributed by atoms with Gasteiger partial charge in [-0.05, 0) is 52.2 Å². The van der Waals surface area contributed by atoms with E-state index in [4.69, 9.17) is 18.9 Å². The van der Waals surface area contributed by atoms with Gasteiger partial charge in [0.25, 0.3) is 5.91 Å². The highest BCUT2D eigenvalue weighted by Gasteiger charge is 2.22. The quantitative estimate of drug-likeness (QED) is 0.792. The Bertz CT molecular complexity index is 870. The van der Waals surface area contributed by atoms with Crippen LogP contribution in [-0.4, -0.2) is 32.3 Å². The molecule has 0 aliphatic carbocycles. The van der Waals surface area contributed by atoms with Gasteiger partial charge in [-0.15, -0.1) is 0 Å². The summed E-state index contributed by atoms with van der Waals surface area (Å²) in [6.07, 6.45) is 0.744. The predicted molar refractivity (Wildman–Crippen MR) is 103 cm³/mol. The van der Waals surface area contributed by atoms with E-state index in [2.05, 4.69) is 21.2 Å². The average molecular weight is 434 g/mol. The molecule has 2 aromatic rings. The fourth-order valence-electron chi connectivity index (χ4n) is 3.17. The molecule has 4 rings (SSSR count). The SMILES string of the molecule is CCC(NC(=O)c1cc2c(cc1Br)OCCO2)c1ccc2c(c1)OCCO2. The van der Waals surface area contributed by atoms with Crippen molar-refractivity contribution in [3.05, 3.63) is 45.9 Å².